The number of alkyl halides is 2. The van der Waals surface area contributed by atoms with E-state index in [4.69, 9.17) is 5.73 Å². The van der Waals surface area contributed by atoms with Crippen molar-refractivity contribution in [2.45, 2.75) is 25.5 Å². The highest BCUT2D eigenvalue weighted by Crippen LogP contribution is 2.34. The SMILES string of the molecule is Cc1cc(OC(F)F)c(C(=O)N2C[C@@H](N)[C@H](c3ccccc3)C2)s1.Cl. The molecular weight excluding hydrogens is 370 g/mol. The molecule has 1 aliphatic heterocycles. The largest absolute Gasteiger partial charge is 0.433 e. The number of nitrogens with zero attached hydrogens (tertiary/aromatic N) is 1. The summed E-state index contributed by atoms with van der Waals surface area (Å²) in [6.45, 7) is -0.343. The van der Waals surface area contributed by atoms with Crippen molar-refractivity contribution in [3.63, 3.8) is 0 Å². The van der Waals surface area contributed by atoms with Crippen molar-refractivity contribution in [2.24, 2.45) is 5.73 Å². The van der Waals surface area contributed by atoms with Gasteiger partial charge < -0.3 is 15.4 Å². The molecule has 2 N–H and O–H groups in total. The summed E-state index contributed by atoms with van der Waals surface area (Å²) >= 11 is 1.16. The molecule has 1 fully saturated rings. The number of rotatable bonds is 4. The first-order valence-corrected chi connectivity index (χ1v) is 8.42. The van der Waals surface area contributed by atoms with Crippen molar-refractivity contribution in [3.8, 4) is 5.75 Å². The van der Waals surface area contributed by atoms with Gasteiger partial charge in [-0.15, -0.1) is 23.7 Å². The van der Waals surface area contributed by atoms with E-state index in [-0.39, 0.29) is 40.9 Å². The molecule has 2 heterocycles. The molecule has 1 aromatic carbocycles. The molecule has 3 rings (SSSR count). The normalized spacial score (nSPS) is 19.8. The van der Waals surface area contributed by atoms with E-state index in [1.807, 2.05) is 30.3 Å². The number of likely N-dealkylation sites (tertiary alicyclic amines) is 1. The Morgan fingerprint density at radius 3 is 2.64 bits per heavy atom. The highest BCUT2D eigenvalue weighted by atomic mass is 35.5. The maximum absolute atomic E-state index is 12.7. The Hall–Kier alpha value is -1.70. The van der Waals surface area contributed by atoms with Crippen LogP contribution in [0.1, 0.15) is 26.0 Å². The summed E-state index contributed by atoms with van der Waals surface area (Å²) in [6.07, 6.45) is 0. The van der Waals surface area contributed by atoms with Crippen LogP contribution in [0.15, 0.2) is 36.4 Å². The number of hydrogen-bond acceptors (Lipinski definition) is 4. The lowest BCUT2D eigenvalue weighted by molar-refractivity contribution is -0.0499. The monoisotopic (exact) mass is 388 g/mol. The Balaban J connectivity index is 0.00000225. The predicted octanol–water partition coefficient (Wildman–Crippen LogP) is 3.65. The van der Waals surface area contributed by atoms with Crippen molar-refractivity contribution < 1.29 is 18.3 Å². The highest BCUT2D eigenvalue weighted by molar-refractivity contribution is 7.14. The van der Waals surface area contributed by atoms with Crippen LogP contribution in [0, 0.1) is 6.92 Å². The van der Waals surface area contributed by atoms with Crippen LogP contribution in [-0.4, -0.2) is 36.5 Å². The maximum Gasteiger partial charge on any atom is 0.387 e. The Bertz CT molecular complexity index is 727. The van der Waals surface area contributed by atoms with Gasteiger partial charge in [0, 0.05) is 29.9 Å². The smallest absolute Gasteiger partial charge is 0.387 e. The Labute approximate surface area is 155 Å². The molecule has 1 amide bonds. The van der Waals surface area contributed by atoms with Crippen molar-refractivity contribution in [2.75, 3.05) is 13.1 Å². The van der Waals surface area contributed by atoms with E-state index in [0.29, 0.717) is 13.1 Å². The van der Waals surface area contributed by atoms with Gasteiger partial charge in [0.05, 0.1) is 0 Å². The van der Waals surface area contributed by atoms with Gasteiger partial charge in [0.25, 0.3) is 5.91 Å². The van der Waals surface area contributed by atoms with Crippen LogP contribution < -0.4 is 10.5 Å². The summed E-state index contributed by atoms with van der Waals surface area (Å²) in [4.78, 5) is 15.3. The van der Waals surface area contributed by atoms with Gasteiger partial charge in [-0.25, -0.2) is 0 Å². The summed E-state index contributed by atoms with van der Waals surface area (Å²) in [5.74, 6) is -0.331. The second-order valence-corrected chi connectivity index (χ2v) is 7.08. The van der Waals surface area contributed by atoms with Gasteiger partial charge in [-0.3, -0.25) is 4.79 Å². The molecule has 0 radical (unpaired) electrons. The second-order valence-electron chi connectivity index (χ2n) is 5.82. The van der Waals surface area contributed by atoms with Crippen molar-refractivity contribution in [1.82, 2.24) is 4.90 Å². The van der Waals surface area contributed by atoms with E-state index >= 15 is 0 Å². The molecule has 8 heteroatoms. The van der Waals surface area contributed by atoms with Crippen LogP contribution in [0.2, 0.25) is 0 Å². The molecule has 0 unspecified atom stereocenters. The number of halogens is 3. The molecule has 1 saturated heterocycles. The van der Waals surface area contributed by atoms with Gasteiger partial charge in [0.15, 0.2) is 0 Å². The molecule has 25 heavy (non-hydrogen) atoms. The van der Waals surface area contributed by atoms with Gasteiger partial charge in [0.2, 0.25) is 0 Å². The van der Waals surface area contributed by atoms with E-state index in [0.717, 1.165) is 21.8 Å². The van der Waals surface area contributed by atoms with Crippen LogP contribution >= 0.6 is 23.7 Å². The van der Waals surface area contributed by atoms with Crippen LogP contribution in [-0.2, 0) is 0 Å². The fourth-order valence-electron chi connectivity index (χ4n) is 3.01. The van der Waals surface area contributed by atoms with Gasteiger partial charge >= 0.3 is 6.61 Å². The number of ether oxygens (including phenoxy) is 1. The van der Waals surface area contributed by atoms with E-state index in [1.54, 1.807) is 11.8 Å². The first-order valence-electron chi connectivity index (χ1n) is 7.60. The Morgan fingerprint density at radius 1 is 1.32 bits per heavy atom. The summed E-state index contributed by atoms with van der Waals surface area (Å²) < 4.78 is 29.6. The summed E-state index contributed by atoms with van der Waals surface area (Å²) in [7, 11) is 0. The van der Waals surface area contributed by atoms with Crippen LogP contribution in [0.25, 0.3) is 0 Å². The summed E-state index contributed by atoms with van der Waals surface area (Å²) in [5, 5.41) is 0. The van der Waals surface area contributed by atoms with E-state index < -0.39 is 6.61 Å². The van der Waals surface area contributed by atoms with Gasteiger partial charge in [-0.05, 0) is 18.6 Å². The second kappa shape index (κ2) is 8.12. The van der Waals surface area contributed by atoms with Gasteiger partial charge in [0.1, 0.15) is 10.6 Å². The van der Waals surface area contributed by atoms with Gasteiger partial charge in [-0.1, -0.05) is 30.3 Å². The lowest BCUT2D eigenvalue weighted by Gasteiger charge is -2.16. The summed E-state index contributed by atoms with van der Waals surface area (Å²) in [6, 6.07) is 11.0. The third kappa shape index (κ3) is 4.29. The molecule has 1 aromatic heterocycles. The minimum absolute atomic E-state index is 0. The lowest BCUT2D eigenvalue weighted by atomic mass is 9.95. The van der Waals surface area contributed by atoms with Crippen molar-refractivity contribution in [1.29, 1.82) is 0 Å². The minimum Gasteiger partial charge on any atom is -0.433 e. The van der Waals surface area contributed by atoms with E-state index in [2.05, 4.69) is 4.74 Å². The topological polar surface area (TPSA) is 55.6 Å². The fourth-order valence-corrected chi connectivity index (χ4v) is 3.93. The fraction of sp³-hybridized carbons (Fsp3) is 0.353. The molecule has 4 nitrogen and oxygen atoms in total. The van der Waals surface area contributed by atoms with E-state index in [9.17, 15) is 13.6 Å². The average molecular weight is 389 g/mol. The number of thiophene rings is 1. The zero-order valence-corrected chi connectivity index (χ0v) is 15.2. The number of carbonyl (C=O) groups excluding carboxylic acids is 1. The Morgan fingerprint density at radius 2 is 2.00 bits per heavy atom. The van der Waals surface area contributed by atoms with Crippen LogP contribution in [0.3, 0.4) is 0 Å². The molecule has 0 aliphatic carbocycles. The molecule has 2 aromatic rings. The number of hydrogen-bond donors (Lipinski definition) is 1. The zero-order valence-electron chi connectivity index (χ0n) is 13.5. The maximum atomic E-state index is 12.7. The first kappa shape index (κ1) is 19.6. The standard InChI is InChI=1S/C17H18F2N2O2S.ClH/c1-10-7-14(23-17(18)19)15(24-10)16(22)21-8-12(13(20)9-21)11-5-3-2-4-6-11;/h2-7,12-13,17H,8-9,20H2,1H3;1H/t12-,13+;/m0./s1. The number of carbonyl (C=O) groups is 1. The third-order valence-electron chi connectivity index (χ3n) is 4.11. The molecule has 1 aliphatic rings. The van der Waals surface area contributed by atoms with Crippen molar-refractivity contribution in [3.05, 3.63) is 51.7 Å². The van der Waals surface area contributed by atoms with Crippen LogP contribution in [0.4, 0.5) is 8.78 Å². The number of nitrogens with two attached hydrogens (primary N) is 1. The molecule has 2 atom stereocenters. The number of aryl methyl sites for hydroxylation is 1. The molecular formula is C17H19ClF2N2O2S. The zero-order chi connectivity index (χ0) is 17.3. The summed E-state index contributed by atoms with van der Waals surface area (Å²) in [5.41, 5.74) is 7.28. The minimum atomic E-state index is -2.96. The quantitative estimate of drug-likeness (QED) is 0.869. The number of amides is 1. The molecule has 0 spiro atoms. The van der Waals surface area contributed by atoms with Crippen molar-refractivity contribution >= 4 is 29.7 Å². The molecule has 0 saturated carbocycles. The molecule has 136 valence electrons. The third-order valence-corrected chi connectivity index (χ3v) is 5.13. The number of benzene rings is 1. The van der Waals surface area contributed by atoms with E-state index in [1.165, 1.54) is 6.07 Å². The highest BCUT2D eigenvalue weighted by Gasteiger charge is 2.35. The first-order chi connectivity index (χ1) is 11.5. The predicted molar refractivity (Wildman–Crippen MR) is 96.0 cm³/mol. The van der Waals surface area contributed by atoms with Crippen LogP contribution in [0.5, 0.6) is 5.75 Å². The lowest BCUT2D eigenvalue weighted by Crippen LogP contribution is -2.32. The average Bonchev–Trinajstić information content (AvgIpc) is 3.10. The van der Waals surface area contributed by atoms with Gasteiger partial charge in [-0.2, -0.15) is 8.78 Å². The Kier molecular flexibility index (Phi) is 6.37. The molecule has 0 bridgehead atoms.